The van der Waals surface area contributed by atoms with Crippen LogP contribution < -0.4 is 20.5 Å². The van der Waals surface area contributed by atoms with Gasteiger partial charge in [-0.1, -0.05) is 6.07 Å². The zero-order chi connectivity index (χ0) is 15.5. The third kappa shape index (κ3) is 4.93. The molecule has 8 heteroatoms. The van der Waals surface area contributed by atoms with Gasteiger partial charge in [0.1, 0.15) is 11.5 Å². The first-order chi connectivity index (χ1) is 9.90. The molecular formula is C14H20ClF3N2O2. The van der Waals surface area contributed by atoms with E-state index in [4.69, 9.17) is 10.5 Å². The zero-order valence-electron chi connectivity index (χ0n) is 12.2. The zero-order valence-corrected chi connectivity index (χ0v) is 13.0. The Morgan fingerprint density at radius 3 is 2.45 bits per heavy atom. The van der Waals surface area contributed by atoms with Crippen molar-refractivity contribution in [2.24, 2.45) is 11.7 Å². The van der Waals surface area contributed by atoms with Crippen molar-refractivity contribution in [1.82, 2.24) is 5.32 Å². The van der Waals surface area contributed by atoms with Gasteiger partial charge in [0, 0.05) is 17.7 Å². The molecule has 1 aliphatic rings. The molecule has 1 aliphatic heterocycles. The third-order valence-electron chi connectivity index (χ3n) is 3.69. The Labute approximate surface area is 133 Å². The van der Waals surface area contributed by atoms with Crippen molar-refractivity contribution < 1.29 is 22.6 Å². The van der Waals surface area contributed by atoms with E-state index in [-0.39, 0.29) is 30.1 Å². The number of nitrogens with two attached hydrogens (primary N) is 1. The van der Waals surface area contributed by atoms with Crippen LogP contribution >= 0.6 is 12.4 Å². The van der Waals surface area contributed by atoms with Crippen molar-refractivity contribution in [3.8, 4) is 11.5 Å². The van der Waals surface area contributed by atoms with E-state index in [0.717, 1.165) is 25.9 Å². The highest BCUT2D eigenvalue weighted by molar-refractivity contribution is 5.85. The summed E-state index contributed by atoms with van der Waals surface area (Å²) < 4.78 is 45.8. The van der Waals surface area contributed by atoms with Crippen LogP contribution in [0.4, 0.5) is 13.2 Å². The quantitative estimate of drug-likeness (QED) is 0.884. The first-order valence-corrected chi connectivity index (χ1v) is 6.80. The van der Waals surface area contributed by atoms with Gasteiger partial charge in [0.2, 0.25) is 0 Å². The highest BCUT2D eigenvalue weighted by Gasteiger charge is 2.32. The number of nitrogens with one attached hydrogen (secondary N) is 1. The maximum Gasteiger partial charge on any atom is 0.573 e. The highest BCUT2D eigenvalue weighted by atomic mass is 35.5. The SMILES string of the molecule is COc1cc(OC(F)(F)F)ccc1[C@H](N)C1CCNCC1.Cl. The summed E-state index contributed by atoms with van der Waals surface area (Å²) in [4.78, 5) is 0. The van der Waals surface area contributed by atoms with Crippen molar-refractivity contribution >= 4 is 12.4 Å². The number of halogens is 4. The Bertz CT molecular complexity index is 480. The third-order valence-corrected chi connectivity index (χ3v) is 3.69. The maximum atomic E-state index is 12.2. The Hall–Kier alpha value is -1.18. The van der Waals surface area contributed by atoms with Crippen molar-refractivity contribution in [1.29, 1.82) is 0 Å². The fraction of sp³-hybridized carbons (Fsp3) is 0.571. The minimum Gasteiger partial charge on any atom is -0.496 e. The fourth-order valence-electron chi connectivity index (χ4n) is 2.62. The molecule has 0 amide bonds. The normalized spacial score (nSPS) is 17.5. The molecule has 126 valence electrons. The number of benzene rings is 1. The van der Waals surface area contributed by atoms with Gasteiger partial charge in [-0.25, -0.2) is 0 Å². The Kier molecular flexibility index (Phi) is 6.77. The van der Waals surface area contributed by atoms with E-state index >= 15 is 0 Å². The second kappa shape index (κ2) is 7.89. The number of alkyl halides is 3. The Balaban J connectivity index is 0.00000242. The molecule has 1 atom stereocenters. The monoisotopic (exact) mass is 340 g/mol. The molecule has 22 heavy (non-hydrogen) atoms. The number of rotatable bonds is 4. The second-order valence-electron chi connectivity index (χ2n) is 5.06. The standard InChI is InChI=1S/C14H19F3N2O2.ClH/c1-20-12-8-10(21-14(15,16)17)2-3-11(12)13(18)9-4-6-19-7-5-9;/h2-3,8-9,13,19H,4-7,18H2,1H3;1H/t13-;/m1./s1. The Morgan fingerprint density at radius 1 is 1.27 bits per heavy atom. The summed E-state index contributed by atoms with van der Waals surface area (Å²) in [7, 11) is 1.41. The summed E-state index contributed by atoms with van der Waals surface area (Å²) in [6, 6.07) is 3.78. The molecule has 1 fully saturated rings. The number of ether oxygens (including phenoxy) is 2. The number of methoxy groups -OCH3 is 1. The van der Waals surface area contributed by atoms with Crippen LogP contribution in [0.15, 0.2) is 18.2 Å². The van der Waals surface area contributed by atoms with Crippen LogP contribution in [-0.4, -0.2) is 26.6 Å². The molecule has 0 bridgehead atoms. The average Bonchev–Trinajstić information content (AvgIpc) is 2.45. The van der Waals surface area contributed by atoms with Gasteiger partial charge in [0.25, 0.3) is 0 Å². The lowest BCUT2D eigenvalue weighted by atomic mass is 9.86. The molecule has 0 spiro atoms. The second-order valence-corrected chi connectivity index (χ2v) is 5.06. The summed E-state index contributed by atoms with van der Waals surface area (Å²) in [5.74, 6) is 0.304. The van der Waals surface area contributed by atoms with E-state index in [9.17, 15) is 13.2 Å². The summed E-state index contributed by atoms with van der Waals surface area (Å²) in [5.41, 5.74) is 6.96. The molecule has 4 nitrogen and oxygen atoms in total. The summed E-state index contributed by atoms with van der Waals surface area (Å²) in [5, 5.41) is 3.25. The van der Waals surface area contributed by atoms with Crippen molar-refractivity contribution in [3.05, 3.63) is 23.8 Å². The van der Waals surface area contributed by atoms with E-state index in [2.05, 4.69) is 10.1 Å². The molecule has 0 unspecified atom stereocenters. The largest absolute Gasteiger partial charge is 0.573 e. The molecule has 1 saturated heterocycles. The molecular weight excluding hydrogens is 321 g/mol. The smallest absolute Gasteiger partial charge is 0.496 e. The first kappa shape index (κ1) is 18.9. The van der Waals surface area contributed by atoms with Gasteiger partial charge < -0.3 is 20.5 Å². The van der Waals surface area contributed by atoms with Crippen LogP contribution in [0, 0.1) is 5.92 Å². The fourth-order valence-corrected chi connectivity index (χ4v) is 2.62. The van der Waals surface area contributed by atoms with Gasteiger partial charge in [-0.2, -0.15) is 0 Å². The molecule has 2 rings (SSSR count). The van der Waals surface area contributed by atoms with Crippen molar-refractivity contribution in [2.75, 3.05) is 20.2 Å². The van der Waals surface area contributed by atoms with Crippen LogP contribution in [0.2, 0.25) is 0 Å². The maximum absolute atomic E-state index is 12.2. The first-order valence-electron chi connectivity index (χ1n) is 6.80. The van der Waals surface area contributed by atoms with Gasteiger partial charge >= 0.3 is 6.36 Å². The van der Waals surface area contributed by atoms with E-state index in [0.29, 0.717) is 11.3 Å². The van der Waals surface area contributed by atoms with Crippen LogP contribution in [0.5, 0.6) is 11.5 Å². The van der Waals surface area contributed by atoms with Crippen molar-refractivity contribution in [3.63, 3.8) is 0 Å². The van der Waals surface area contributed by atoms with E-state index in [1.807, 2.05) is 0 Å². The molecule has 0 saturated carbocycles. The lowest BCUT2D eigenvalue weighted by Gasteiger charge is -2.29. The minimum atomic E-state index is -4.72. The van der Waals surface area contributed by atoms with Crippen LogP contribution in [0.25, 0.3) is 0 Å². The van der Waals surface area contributed by atoms with Gasteiger partial charge in [0.15, 0.2) is 0 Å². The van der Waals surface area contributed by atoms with Gasteiger partial charge in [-0.15, -0.1) is 25.6 Å². The van der Waals surface area contributed by atoms with E-state index in [1.54, 1.807) is 6.07 Å². The molecule has 0 radical (unpaired) electrons. The van der Waals surface area contributed by atoms with Gasteiger partial charge in [-0.05, 0) is 37.9 Å². The number of hydrogen-bond acceptors (Lipinski definition) is 4. The van der Waals surface area contributed by atoms with Crippen molar-refractivity contribution in [2.45, 2.75) is 25.2 Å². The predicted molar refractivity (Wildman–Crippen MR) is 79.4 cm³/mol. The summed E-state index contributed by atoms with van der Waals surface area (Å²) in [6.45, 7) is 1.80. The number of piperidine rings is 1. The van der Waals surface area contributed by atoms with E-state index in [1.165, 1.54) is 19.2 Å². The van der Waals surface area contributed by atoms with Crippen LogP contribution in [0.3, 0.4) is 0 Å². The molecule has 0 aromatic heterocycles. The van der Waals surface area contributed by atoms with Crippen LogP contribution in [0.1, 0.15) is 24.4 Å². The average molecular weight is 341 g/mol. The topological polar surface area (TPSA) is 56.5 Å². The van der Waals surface area contributed by atoms with Gasteiger partial charge in [-0.3, -0.25) is 0 Å². The minimum absolute atomic E-state index is 0. The Morgan fingerprint density at radius 2 is 1.91 bits per heavy atom. The molecule has 0 aliphatic carbocycles. The molecule has 1 aromatic carbocycles. The lowest BCUT2D eigenvalue weighted by Crippen LogP contribution is -2.33. The molecule has 1 heterocycles. The van der Waals surface area contributed by atoms with Crippen LogP contribution in [-0.2, 0) is 0 Å². The summed E-state index contributed by atoms with van der Waals surface area (Å²) in [6.07, 6.45) is -2.85. The highest BCUT2D eigenvalue weighted by Crippen LogP contribution is 2.36. The predicted octanol–water partition coefficient (Wildman–Crippen LogP) is 3.02. The summed E-state index contributed by atoms with van der Waals surface area (Å²) >= 11 is 0. The molecule has 1 aromatic rings. The lowest BCUT2D eigenvalue weighted by molar-refractivity contribution is -0.274. The number of hydrogen-bond donors (Lipinski definition) is 2. The van der Waals surface area contributed by atoms with E-state index < -0.39 is 6.36 Å². The van der Waals surface area contributed by atoms with Gasteiger partial charge in [0.05, 0.1) is 7.11 Å². The molecule has 3 N–H and O–H groups in total.